The summed E-state index contributed by atoms with van der Waals surface area (Å²) in [5, 5.41) is 9.96. The topological polar surface area (TPSA) is 46.5 Å². The van der Waals surface area contributed by atoms with Gasteiger partial charge in [0.2, 0.25) is 0 Å². The van der Waals surface area contributed by atoms with Crippen LogP contribution in [0.25, 0.3) is 0 Å². The molecule has 0 aromatic carbocycles. The lowest BCUT2D eigenvalue weighted by Gasteiger charge is -2.28. The van der Waals surface area contributed by atoms with E-state index < -0.39 is 12.1 Å². The molecule has 0 aromatic rings. The van der Waals surface area contributed by atoms with Crippen LogP contribution in [0.4, 0.5) is 0 Å². The van der Waals surface area contributed by atoms with Crippen LogP contribution >= 0.6 is 0 Å². The van der Waals surface area contributed by atoms with Crippen molar-refractivity contribution < 1.29 is 14.6 Å². The van der Waals surface area contributed by atoms with E-state index in [1.807, 2.05) is 0 Å². The van der Waals surface area contributed by atoms with Gasteiger partial charge in [-0.15, -0.1) is 0 Å². The van der Waals surface area contributed by atoms with Gasteiger partial charge in [-0.3, -0.25) is 0 Å². The monoisotopic (exact) mass is 226 g/mol. The summed E-state index contributed by atoms with van der Waals surface area (Å²) in [7, 11) is 1.35. The summed E-state index contributed by atoms with van der Waals surface area (Å²) < 4.78 is 4.64. The molecule has 92 valence electrons. The van der Waals surface area contributed by atoms with Crippen LogP contribution < -0.4 is 0 Å². The number of carbonyl (C=O) groups excluding carboxylic acids is 1. The molecule has 0 spiro atoms. The van der Waals surface area contributed by atoms with Crippen LogP contribution in [0.3, 0.4) is 0 Å². The number of ether oxygens (including phenoxy) is 1. The van der Waals surface area contributed by atoms with E-state index >= 15 is 0 Å². The largest absolute Gasteiger partial charge is 0.467 e. The lowest BCUT2D eigenvalue weighted by atomic mass is 9.79. The number of rotatable bonds is 4. The molecule has 0 radical (unpaired) electrons. The number of carbonyl (C=O) groups is 1. The van der Waals surface area contributed by atoms with E-state index in [1.54, 1.807) is 0 Å². The van der Waals surface area contributed by atoms with Crippen molar-refractivity contribution in [3.05, 3.63) is 0 Å². The second kappa shape index (κ2) is 4.74. The van der Waals surface area contributed by atoms with Crippen molar-refractivity contribution in [1.82, 2.24) is 0 Å². The van der Waals surface area contributed by atoms with Crippen LogP contribution in [-0.4, -0.2) is 24.3 Å². The van der Waals surface area contributed by atoms with Crippen molar-refractivity contribution in [3.8, 4) is 0 Å². The smallest absolute Gasteiger partial charge is 0.335 e. The molecule has 2 rings (SSSR count). The lowest BCUT2D eigenvalue weighted by Crippen LogP contribution is -2.33. The number of esters is 1. The van der Waals surface area contributed by atoms with Crippen LogP contribution in [0.15, 0.2) is 0 Å². The van der Waals surface area contributed by atoms with Gasteiger partial charge in [0.1, 0.15) is 0 Å². The van der Waals surface area contributed by atoms with Crippen LogP contribution in [0.2, 0.25) is 0 Å². The first-order chi connectivity index (χ1) is 7.68. The van der Waals surface area contributed by atoms with Crippen LogP contribution in [0.1, 0.15) is 51.4 Å². The summed E-state index contributed by atoms with van der Waals surface area (Å²) in [5.41, 5.74) is -0.130. The minimum absolute atomic E-state index is 0.130. The van der Waals surface area contributed by atoms with E-state index in [9.17, 15) is 9.90 Å². The van der Waals surface area contributed by atoms with Crippen molar-refractivity contribution in [2.45, 2.75) is 57.5 Å². The van der Waals surface area contributed by atoms with Crippen LogP contribution in [-0.2, 0) is 9.53 Å². The Morgan fingerprint density at radius 2 is 2.00 bits per heavy atom. The highest BCUT2D eigenvalue weighted by Gasteiger charge is 2.53. The molecule has 3 nitrogen and oxygen atoms in total. The lowest BCUT2D eigenvalue weighted by molar-refractivity contribution is -0.155. The number of methoxy groups -OCH3 is 1. The summed E-state index contributed by atoms with van der Waals surface area (Å²) in [6, 6.07) is 0. The molecular formula is C13H22O3. The molecule has 0 bridgehead atoms. The summed E-state index contributed by atoms with van der Waals surface area (Å²) in [4.78, 5) is 11.4. The second-order valence-corrected chi connectivity index (χ2v) is 5.50. The Hall–Kier alpha value is -0.570. The third-order valence-corrected chi connectivity index (χ3v) is 4.32. The number of hydrogen-bond acceptors (Lipinski definition) is 3. The minimum Gasteiger partial charge on any atom is -0.467 e. The Labute approximate surface area is 97.2 Å². The van der Waals surface area contributed by atoms with E-state index in [2.05, 4.69) is 4.74 Å². The van der Waals surface area contributed by atoms with Crippen molar-refractivity contribution >= 4 is 5.97 Å². The van der Waals surface area contributed by atoms with Gasteiger partial charge in [-0.2, -0.15) is 0 Å². The van der Waals surface area contributed by atoms with Gasteiger partial charge in [0.25, 0.3) is 0 Å². The van der Waals surface area contributed by atoms with E-state index in [0.717, 1.165) is 25.2 Å². The first kappa shape index (κ1) is 11.9. The maximum Gasteiger partial charge on any atom is 0.335 e. The molecule has 16 heavy (non-hydrogen) atoms. The molecule has 0 saturated heterocycles. The molecule has 0 amide bonds. The zero-order valence-corrected chi connectivity index (χ0v) is 10.1. The molecule has 0 aromatic heterocycles. The molecular weight excluding hydrogens is 204 g/mol. The van der Waals surface area contributed by atoms with Crippen molar-refractivity contribution in [3.63, 3.8) is 0 Å². The predicted molar refractivity (Wildman–Crippen MR) is 60.9 cm³/mol. The molecule has 3 heteroatoms. The van der Waals surface area contributed by atoms with Gasteiger partial charge in [-0.1, -0.05) is 32.1 Å². The molecule has 2 saturated carbocycles. The van der Waals surface area contributed by atoms with E-state index in [-0.39, 0.29) is 5.41 Å². The zero-order valence-electron chi connectivity index (χ0n) is 10.1. The van der Waals surface area contributed by atoms with Crippen molar-refractivity contribution in [2.75, 3.05) is 7.11 Å². The number of hydrogen-bond donors (Lipinski definition) is 1. The highest BCUT2D eigenvalue weighted by atomic mass is 16.5. The van der Waals surface area contributed by atoms with Crippen LogP contribution in [0, 0.1) is 11.3 Å². The Morgan fingerprint density at radius 3 is 2.50 bits per heavy atom. The fourth-order valence-electron chi connectivity index (χ4n) is 3.08. The quantitative estimate of drug-likeness (QED) is 0.748. The molecule has 2 aliphatic rings. The highest BCUT2D eigenvalue weighted by molar-refractivity contribution is 5.75. The molecule has 1 N–H and O–H groups in total. The van der Waals surface area contributed by atoms with Gasteiger partial charge >= 0.3 is 5.97 Å². The molecule has 1 unspecified atom stereocenters. The standard InChI is InChI=1S/C13H22O3/c1-16-12(15)11(14)13(7-8-13)9-10-5-3-2-4-6-10/h10-11,14H,2-9H2,1H3. The van der Waals surface area contributed by atoms with Gasteiger partial charge in [0, 0.05) is 5.41 Å². The summed E-state index contributed by atoms with van der Waals surface area (Å²) in [6.07, 6.45) is 8.63. The second-order valence-electron chi connectivity index (χ2n) is 5.50. The van der Waals surface area contributed by atoms with Gasteiger partial charge < -0.3 is 9.84 Å². The van der Waals surface area contributed by atoms with E-state index in [1.165, 1.54) is 39.2 Å². The van der Waals surface area contributed by atoms with E-state index in [0.29, 0.717) is 0 Å². The van der Waals surface area contributed by atoms with Crippen LogP contribution in [0.5, 0.6) is 0 Å². The highest BCUT2D eigenvalue weighted by Crippen LogP contribution is 2.55. The first-order valence-electron chi connectivity index (χ1n) is 6.44. The Kier molecular flexibility index (Phi) is 3.53. The maximum atomic E-state index is 11.4. The Balaban J connectivity index is 1.89. The Bertz CT molecular complexity index is 252. The normalized spacial score (nSPS) is 26.1. The van der Waals surface area contributed by atoms with Gasteiger partial charge in [-0.05, 0) is 25.2 Å². The molecule has 2 fully saturated rings. The molecule has 0 aliphatic heterocycles. The van der Waals surface area contributed by atoms with Gasteiger partial charge in [0.15, 0.2) is 6.10 Å². The SMILES string of the molecule is COC(=O)C(O)C1(CC2CCCCC2)CC1. The first-order valence-corrected chi connectivity index (χ1v) is 6.44. The summed E-state index contributed by atoms with van der Waals surface area (Å²) >= 11 is 0. The summed E-state index contributed by atoms with van der Waals surface area (Å²) in [5.74, 6) is 0.267. The number of aliphatic hydroxyl groups excluding tert-OH is 1. The van der Waals surface area contributed by atoms with Crippen molar-refractivity contribution in [2.24, 2.45) is 11.3 Å². The fraction of sp³-hybridized carbons (Fsp3) is 0.923. The third kappa shape index (κ3) is 2.40. The molecule has 0 heterocycles. The van der Waals surface area contributed by atoms with Gasteiger partial charge in [0.05, 0.1) is 7.11 Å². The summed E-state index contributed by atoms with van der Waals surface area (Å²) in [6.45, 7) is 0. The zero-order chi connectivity index (χ0) is 11.6. The average molecular weight is 226 g/mol. The fourth-order valence-corrected chi connectivity index (χ4v) is 3.08. The third-order valence-electron chi connectivity index (χ3n) is 4.32. The minimum atomic E-state index is -0.889. The maximum absolute atomic E-state index is 11.4. The predicted octanol–water partition coefficient (Wildman–Crippen LogP) is 2.27. The number of aliphatic hydroxyl groups is 1. The van der Waals surface area contributed by atoms with E-state index in [4.69, 9.17) is 0 Å². The van der Waals surface area contributed by atoms with Crippen molar-refractivity contribution in [1.29, 1.82) is 0 Å². The van der Waals surface area contributed by atoms with Gasteiger partial charge in [-0.25, -0.2) is 4.79 Å². The average Bonchev–Trinajstić information content (AvgIpc) is 3.09. The molecule has 1 atom stereocenters. The Morgan fingerprint density at radius 1 is 1.38 bits per heavy atom. The molecule has 2 aliphatic carbocycles.